The van der Waals surface area contributed by atoms with Crippen molar-refractivity contribution in [1.82, 2.24) is 20.2 Å². The smallest absolute Gasteiger partial charge is 0.167 e. The molecular weight excluding hydrogens is 231 g/mol. The molecule has 1 aromatic rings. The Bertz CT molecular complexity index is 194. The highest BCUT2D eigenvalue weighted by Gasteiger charge is 2.04. The first kappa shape index (κ1) is 6.91. The molecule has 0 amide bonds. The first-order valence-electron chi connectivity index (χ1n) is 2.58. The van der Waals surface area contributed by atoms with Gasteiger partial charge in [-0.3, -0.25) is 0 Å². The van der Waals surface area contributed by atoms with E-state index >= 15 is 0 Å². The van der Waals surface area contributed by atoms with Gasteiger partial charge in [0.05, 0.1) is 11.0 Å². The molecule has 4 nitrogen and oxygen atoms in total. The quantitative estimate of drug-likeness (QED) is 0.534. The lowest BCUT2D eigenvalue weighted by Gasteiger charge is -1.89. The van der Waals surface area contributed by atoms with Gasteiger partial charge in [0.25, 0.3) is 0 Å². The lowest BCUT2D eigenvalue weighted by Crippen LogP contribution is -1.93. The Morgan fingerprint density at radius 1 is 1.67 bits per heavy atom. The number of nitrogens with zero attached hydrogens (tertiary/aromatic N) is 4. The van der Waals surface area contributed by atoms with Crippen LogP contribution in [0.1, 0.15) is 16.7 Å². The molecule has 1 aromatic heterocycles. The predicted molar refractivity (Wildman–Crippen MR) is 41.2 cm³/mol. The highest BCUT2D eigenvalue weighted by atomic mass is 127. The van der Waals surface area contributed by atoms with Crippen LogP contribution in [0.3, 0.4) is 0 Å². The summed E-state index contributed by atoms with van der Waals surface area (Å²) in [5, 5.41) is 11.5. The van der Waals surface area contributed by atoms with Crippen molar-refractivity contribution in [2.45, 2.75) is 10.8 Å². The number of hydrogen-bond donors (Lipinski definition) is 0. The Hall–Kier alpha value is -0.200. The van der Waals surface area contributed by atoms with Gasteiger partial charge in [-0.15, -0.1) is 10.2 Å². The van der Waals surface area contributed by atoms with Gasteiger partial charge < -0.3 is 0 Å². The minimum Gasteiger partial charge on any atom is -0.167 e. The Morgan fingerprint density at radius 3 is 2.56 bits per heavy atom. The summed E-state index contributed by atoms with van der Waals surface area (Å²) in [4.78, 5) is 1.46. The second-order valence-electron chi connectivity index (χ2n) is 1.75. The van der Waals surface area contributed by atoms with Crippen LogP contribution >= 0.6 is 22.6 Å². The van der Waals surface area contributed by atoms with Crippen molar-refractivity contribution in [2.24, 2.45) is 7.05 Å². The first-order valence-corrected chi connectivity index (χ1v) is 3.82. The van der Waals surface area contributed by atoms with Crippen LogP contribution in [-0.2, 0) is 7.05 Å². The van der Waals surface area contributed by atoms with E-state index in [1.54, 1.807) is 7.05 Å². The molecular formula is C4H7IN4. The van der Waals surface area contributed by atoms with Crippen LogP contribution in [0, 0.1) is 0 Å². The number of rotatable bonds is 1. The van der Waals surface area contributed by atoms with Gasteiger partial charge >= 0.3 is 0 Å². The van der Waals surface area contributed by atoms with Crippen LogP contribution in [0.15, 0.2) is 0 Å². The van der Waals surface area contributed by atoms with Crippen LogP contribution in [0.5, 0.6) is 0 Å². The van der Waals surface area contributed by atoms with Crippen LogP contribution in [0.2, 0.25) is 0 Å². The van der Waals surface area contributed by atoms with Crippen molar-refractivity contribution in [3.8, 4) is 0 Å². The van der Waals surface area contributed by atoms with Crippen molar-refractivity contribution in [2.75, 3.05) is 0 Å². The summed E-state index contributed by atoms with van der Waals surface area (Å²) >= 11 is 2.24. The van der Waals surface area contributed by atoms with Gasteiger partial charge in [-0.25, -0.2) is 0 Å². The second-order valence-corrected chi connectivity index (χ2v) is 3.62. The van der Waals surface area contributed by atoms with Crippen molar-refractivity contribution in [1.29, 1.82) is 0 Å². The number of halogens is 1. The molecule has 1 atom stereocenters. The Kier molecular flexibility index (Phi) is 1.99. The summed E-state index contributed by atoms with van der Waals surface area (Å²) in [5.74, 6) is 0.790. The molecule has 0 fully saturated rings. The lowest BCUT2D eigenvalue weighted by atomic mass is 10.5. The third-order valence-electron chi connectivity index (χ3n) is 0.880. The van der Waals surface area contributed by atoms with E-state index in [0.717, 1.165) is 5.82 Å². The number of aryl methyl sites for hydroxylation is 1. The highest BCUT2D eigenvalue weighted by molar-refractivity contribution is 14.1. The average Bonchev–Trinajstić information content (AvgIpc) is 2.14. The number of tetrazole rings is 1. The maximum Gasteiger partial charge on any atom is 0.187 e. The largest absolute Gasteiger partial charge is 0.187 e. The summed E-state index contributed by atoms with van der Waals surface area (Å²) < 4.78 is 0.344. The molecule has 0 aliphatic heterocycles. The van der Waals surface area contributed by atoms with E-state index in [4.69, 9.17) is 0 Å². The molecule has 0 radical (unpaired) electrons. The molecule has 0 spiro atoms. The van der Waals surface area contributed by atoms with Gasteiger partial charge in [-0.1, -0.05) is 22.6 Å². The average molecular weight is 238 g/mol. The number of aromatic nitrogens is 4. The zero-order chi connectivity index (χ0) is 6.85. The number of hydrogen-bond acceptors (Lipinski definition) is 3. The zero-order valence-electron chi connectivity index (χ0n) is 5.24. The molecule has 0 aliphatic carbocycles. The molecule has 1 rings (SSSR count). The van der Waals surface area contributed by atoms with E-state index in [-0.39, 0.29) is 0 Å². The normalized spacial score (nSPS) is 13.7. The fourth-order valence-corrected chi connectivity index (χ4v) is 0.707. The fourth-order valence-electron chi connectivity index (χ4n) is 0.458. The molecule has 0 aromatic carbocycles. The van der Waals surface area contributed by atoms with Crippen LogP contribution < -0.4 is 0 Å². The van der Waals surface area contributed by atoms with E-state index in [2.05, 4.69) is 38.0 Å². The summed E-state index contributed by atoms with van der Waals surface area (Å²) in [7, 11) is 1.76. The molecule has 0 saturated carbocycles. The number of alkyl halides is 1. The van der Waals surface area contributed by atoms with E-state index in [1.807, 2.05) is 6.92 Å². The van der Waals surface area contributed by atoms with Crippen molar-refractivity contribution in [3.05, 3.63) is 5.82 Å². The topological polar surface area (TPSA) is 43.6 Å². The SMILES string of the molecule is CC(I)c1nnn(C)n1. The zero-order valence-corrected chi connectivity index (χ0v) is 7.40. The van der Waals surface area contributed by atoms with Gasteiger partial charge in [-0.05, 0) is 12.1 Å². The second kappa shape index (κ2) is 2.59. The minimum absolute atomic E-state index is 0.344. The van der Waals surface area contributed by atoms with Gasteiger partial charge in [0.2, 0.25) is 0 Å². The van der Waals surface area contributed by atoms with Crippen molar-refractivity contribution < 1.29 is 0 Å². The summed E-state index contributed by atoms with van der Waals surface area (Å²) in [5.41, 5.74) is 0. The lowest BCUT2D eigenvalue weighted by molar-refractivity contribution is 0.628. The fraction of sp³-hybridized carbons (Fsp3) is 0.750. The predicted octanol–water partition coefficient (Wildman–Crippen LogP) is 0.706. The van der Waals surface area contributed by atoms with E-state index in [9.17, 15) is 0 Å². The molecule has 0 aliphatic rings. The van der Waals surface area contributed by atoms with Gasteiger partial charge in [0.1, 0.15) is 0 Å². The molecule has 9 heavy (non-hydrogen) atoms. The molecule has 0 saturated heterocycles. The Labute approximate surface area is 66.8 Å². The van der Waals surface area contributed by atoms with E-state index in [0.29, 0.717) is 3.92 Å². The Balaban J connectivity index is 2.85. The maximum atomic E-state index is 4.00. The highest BCUT2D eigenvalue weighted by Crippen LogP contribution is 2.15. The van der Waals surface area contributed by atoms with E-state index in [1.165, 1.54) is 4.80 Å². The standard InChI is InChI=1S/C4H7IN4/c1-3(5)4-6-8-9(2)7-4/h3H,1-2H3. The molecule has 5 heteroatoms. The summed E-state index contributed by atoms with van der Waals surface area (Å²) in [6, 6.07) is 0. The monoisotopic (exact) mass is 238 g/mol. The van der Waals surface area contributed by atoms with E-state index < -0.39 is 0 Å². The molecule has 1 heterocycles. The van der Waals surface area contributed by atoms with Crippen LogP contribution in [0.4, 0.5) is 0 Å². The van der Waals surface area contributed by atoms with Gasteiger partial charge in [0.15, 0.2) is 5.82 Å². The van der Waals surface area contributed by atoms with Crippen molar-refractivity contribution in [3.63, 3.8) is 0 Å². The van der Waals surface area contributed by atoms with Gasteiger partial charge in [0, 0.05) is 0 Å². The third kappa shape index (κ3) is 1.60. The first-order chi connectivity index (χ1) is 4.20. The minimum atomic E-state index is 0.344. The summed E-state index contributed by atoms with van der Waals surface area (Å²) in [6.45, 7) is 2.03. The Morgan fingerprint density at radius 2 is 2.33 bits per heavy atom. The molecule has 0 N–H and O–H groups in total. The third-order valence-corrected chi connectivity index (χ3v) is 1.44. The maximum absolute atomic E-state index is 4.00. The molecule has 0 bridgehead atoms. The molecule has 50 valence electrons. The summed E-state index contributed by atoms with van der Waals surface area (Å²) in [6.07, 6.45) is 0. The van der Waals surface area contributed by atoms with Crippen LogP contribution in [0.25, 0.3) is 0 Å². The van der Waals surface area contributed by atoms with Gasteiger partial charge in [-0.2, -0.15) is 4.80 Å². The van der Waals surface area contributed by atoms with Crippen LogP contribution in [-0.4, -0.2) is 20.2 Å². The van der Waals surface area contributed by atoms with Crippen molar-refractivity contribution >= 4 is 22.6 Å². The molecule has 1 unspecified atom stereocenters.